The summed E-state index contributed by atoms with van der Waals surface area (Å²) in [7, 11) is 0. The number of aliphatic hydroxyl groups is 2. The lowest BCUT2D eigenvalue weighted by molar-refractivity contribution is -0.162. The number of imide groups is 1. The number of carbonyl (C=O) groups excluding carboxylic acids is 2. The Morgan fingerprint density at radius 3 is 2.00 bits per heavy atom. The van der Waals surface area contributed by atoms with Gasteiger partial charge in [-0.2, -0.15) is 0 Å². The molecule has 0 spiro atoms. The Balaban J connectivity index is 3.00. The first kappa shape index (κ1) is 13.1. The molecule has 2 N–H and O–H groups in total. The second kappa shape index (κ2) is 4.93. The summed E-state index contributed by atoms with van der Waals surface area (Å²) in [6.45, 7) is 2.79. The van der Waals surface area contributed by atoms with Crippen molar-refractivity contribution in [3.8, 4) is 0 Å². The maximum Gasteiger partial charge on any atom is 0.230 e. The van der Waals surface area contributed by atoms with Crippen LogP contribution in [0.1, 0.15) is 33.1 Å². The zero-order chi connectivity index (χ0) is 12.3. The number of aliphatic hydroxyl groups excluding tert-OH is 2. The molecular weight excluding hydrogens is 210 g/mol. The highest BCUT2D eigenvalue weighted by atomic mass is 16.3. The molecule has 0 radical (unpaired) electrons. The van der Waals surface area contributed by atoms with Crippen molar-refractivity contribution in [2.75, 3.05) is 13.2 Å². The molecule has 5 heteroatoms. The molecule has 1 fully saturated rings. The molecule has 0 bridgehead atoms. The summed E-state index contributed by atoms with van der Waals surface area (Å²) in [5, 5.41) is 18.6. The van der Waals surface area contributed by atoms with Gasteiger partial charge in [-0.25, -0.2) is 0 Å². The fraction of sp³-hybridized carbons (Fsp3) is 0.818. The van der Waals surface area contributed by atoms with Crippen LogP contribution in [0.4, 0.5) is 0 Å². The fourth-order valence-corrected chi connectivity index (χ4v) is 2.09. The van der Waals surface area contributed by atoms with E-state index < -0.39 is 18.8 Å². The molecule has 0 aromatic heterocycles. The van der Waals surface area contributed by atoms with Crippen molar-refractivity contribution in [3.63, 3.8) is 0 Å². The van der Waals surface area contributed by atoms with E-state index in [2.05, 4.69) is 0 Å². The van der Waals surface area contributed by atoms with Crippen LogP contribution in [0.25, 0.3) is 0 Å². The molecule has 1 heterocycles. The Labute approximate surface area is 95.1 Å². The molecule has 1 saturated heterocycles. The number of hydrogen-bond acceptors (Lipinski definition) is 4. The van der Waals surface area contributed by atoms with E-state index in [0.29, 0.717) is 19.3 Å². The first-order valence-electron chi connectivity index (χ1n) is 5.58. The molecule has 0 atom stereocenters. The molecule has 0 aromatic rings. The Bertz CT molecular complexity index is 259. The van der Waals surface area contributed by atoms with Crippen LogP contribution < -0.4 is 0 Å². The SMILES string of the molecule is CCC(CO)(CO)N1C(=O)CC(C)CC1=O. The number of carbonyl (C=O) groups is 2. The Morgan fingerprint density at radius 1 is 1.25 bits per heavy atom. The largest absolute Gasteiger partial charge is 0.394 e. The van der Waals surface area contributed by atoms with E-state index in [1.165, 1.54) is 0 Å². The minimum Gasteiger partial charge on any atom is -0.394 e. The van der Waals surface area contributed by atoms with E-state index in [1.54, 1.807) is 6.92 Å². The van der Waals surface area contributed by atoms with Gasteiger partial charge in [0.15, 0.2) is 0 Å². The van der Waals surface area contributed by atoms with Crippen LogP contribution in [0.2, 0.25) is 0 Å². The van der Waals surface area contributed by atoms with Gasteiger partial charge in [-0.1, -0.05) is 13.8 Å². The van der Waals surface area contributed by atoms with Gasteiger partial charge in [0.1, 0.15) is 0 Å². The molecule has 16 heavy (non-hydrogen) atoms. The van der Waals surface area contributed by atoms with Crippen molar-refractivity contribution in [2.45, 2.75) is 38.6 Å². The van der Waals surface area contributed by atoms with Crippen molar-refractivity contribution in [1.82, 2.24) is 4.90 Å². The van der Waals surface area contributed by atoms with Crippen LogP contribution in [-0.2, 0) is 9.59 Å². The smallest absolute Gasteiger partial charge is 0.230 e. The van der Waals surface area contributed by atoms with Crippen LogP contribution in [0.3, 0.4) is 0 Å². The summed E-state index contributed by atoms with van der Waals surface area (Å²) < 4.78 is 0. The number of amides is 2. The lowest BCUT2D eigenvalue weighted by Gasteiger charge is -2.42. The summed E-state index contributed by atoms with van der Waals surface area (Å²) in [6.07, 6.45) is 0.951. The van der Waals surface area contributed by atoms with Crippen LogP contribution in [0.5, 0.6) is 0 Å². The minimum atomic E-state index is -1.13. The van der Waals surface area contributed by atoms with E-state index in [1.807, 2.05) is 6.92 Å². The normalized spacial score (nSPS) is 19.4. The first-order chi connectivity index (χ1) is 7.50. The third-order valence-corrected chi connectivity index (χ3v) is 3.27. The van der Waals surface area contributed by atoms with E-state index in [0.717, 1.165) is 4.90 Å². The van der Waals surface area contributed by atoms with Gasteiger partial charge < -0.3 is 10.2 Å². The number of nitrogens with zero attached hydrogens (tertiary/aromatic N) is 1. The van der Waals surface area contributed by atoms with Crippen LogP contribution in [0.15, 0.2) is 0 Å². The summed E-state index contributed by atoms with van der Waals surface area (Å²) in [5.74, 6) is -0.550. The van der Waals surface area contributed by atoms with E-state index in [9.17, 15) is 19.8 Å². The van der Waals surface area contributed by atoms with Crippen LogP contribution in [0, 0.1) is 5.92 Å². The highest BCUT2D eigenvalue weighted by molar-refractivity contribution is 5.98. The fourth-order valence-electron chi connectivity index (χ4n) is 2.09. The average molecular weight is 229 g/mol. The standard InChI is InChI=1S/C11H19NO4/c1-3-11(6-13,7-14)12-9(15)4-8(2)5-10(12)16/h8,13-14H,3-7H2,1-2H3. The molecule has 1 aliphatic rings. The number of rotatable bonds is 4. The zero-order valence-electron chi connectivity index (χ0n) is 9.77. The lowest BCUT2D eigenvalue weighted by Crippen LogP contribution is -2.61. The number of hydrogen-bond donors (Lipinski definition) is 2. The zero-order valence-corrected chi connectivity index (χ0v) is 9.77. The molecule has 1 aliphatic heterocycles. The average Bonchev–Trinajstić information content (AvgIpc) is 2.23. The van der Waals surface area contributed by atoms with E-state index in [4.69, 9.17) is 0 Å². The number of likely N-dealkylation sites (tertiary alicyclic amines) is 1. The van der Waals surface area contributed by atoms with Gasteiger partial charge in [0, 0.05) is 12.8 Å². The Kier molecular flexibility index (Phi) is 4.04. The van der Waals surface area contributed by atoms with Crippen LogP contribution in [-0.4, -0.2) is 45.7 Å². The summed E-state index contributed by atoms with van der Waals surface area (Å²) in [5.41, 5.74) is -1.13. The predicted molar refractivity (Wildman–Crippen MR) is 57.4 cm³/mol. The van der Waals surface area contributed by atoms with Gasteiger partial charge in [0.2, 0.25) is 11.8 Å². The van der Waals surface area contributed by atoms with Gasteiger partial charge in [-0.3, -0.25) is 14.5 Å². The first-order valence-corrected chi connectivity index (χ1v) is 5.58. The van der Waals surface area contributed by atoms with Crippen molar-refractivity contribution in [3.05, 3.63) is 0 Å². The third-order valence-electron chi connectivity index (χ3n) is 3.27. The van der Waals surface area contributed by atoms with E-state index >= 15 is 0 Å². The molecule has 5 nitrogen and oxygen atoms in total. The lowest BCUT2D eigenvalue weighted by atomic mass is 9.89. The molecular formula is C11H19NO4. The second-order valence-electron chi connectivity index (χ2n) is 4.53. The molecule has 0 aliphatic carbocycles. The third kappa shape index (κ3) is 2.10. The van der Waals surface area contributed by atoms with Crippen molar-refractivity contribution < 1.29 is 19.8 Å². The topological polar surface area (TPSA) is 77.8 Å². The molecule has 1 rings (SSSR count). The van der Waals surface area contributed by atoms with Gasteiger partial charge >= 0.3 is 0 Å². The van der Waals surface area contributed by atoms with Crippen molar-refractivity contribution >= 4 is 11.8 Å². The van der Waals surface area contributed by atoms with Crippen LogP contribution >= 0.6 is 0 Å². The highest BCUT2D eigenvalue weighted by Crippen LogP contribution is 2.28. The Hall–Kier alpha value is -0.940. The van der Waals surface area contributed by atoms with Gasteiger partial charge in [-0.05, 0) is 12.3 Å². The van der Waals surface area contributed by atoms with Gasteiger partial charge in [0.25, 0.3) is 0 Å². The van der Waals surface area contributed by atoms with Gasteiger partial charge in [-0.15, -0.1) is 0 Å². The minimum absolute atomic E-state index is 0.0446. The maximum atomic E-state index is 11.8. The van der Waals surface area contributed by atoms with Gasteiger partial charge in [0.05, 0.1) is 18.8 Å². The predicted octanol–water partition coefficient (Wildman–Crippen LogP) is -0.0951. The molecule has 0 saturated carbocycles. The summed E-state index contributed by atoms with van der Waals surface area (Å²) in [6, 6.07) is 0. The maximum absolute atomic E-state index is 11.8. The summed E-state index contributed by atoms with van der Waals surface area (Å²) >= 11 is 0. The quantitative estimate of drug-likeness (QED) is 0.660. The van der Waals surface area contributed by atoms with Crippen molar-refractivity contribution in [2.24, 2.45) is 5.92 Å². The summed E-state index contributed by atoms with van der Waals surface area (Å²) in [4.78, 5) is 24.7. The Morgan fingerprint density at radius 2 is 1.69 bits per heavy atom. The second-order valence-corrected chi connectivity index (χ2v) is 4.53. The number of piperidine rings is 1. The molecule has 92 valence electrons. The van der Waals surface area contributed by atoms with E-state index in [-0.39, 0.29) is 17.7 Å². The molecule has 0 aromatic carbocycles. The highest BCUT2D eigenvalue weighted by Gasteiger charge is 2.44. The van der Waals surface area contributed by atoms with Crippen molar-refractivity contribution in [1.29, 1.82) is 0 Å². The molecule has 2 amide bonds. The monoisotopic (exact) mass is 229 g/mol. The molecule has 0 unspecified atom stereocenters.